The maximum Gasteiger partial charge on any atom is 0.406 e. The van der Waals surface area contributed by atoms with Crippen molar-refractivity contribution in [3.8, 4) is 0 Å². The summed E-state index contributed by atoms with van der Waals surface area (Å²) in [5.41, 5.74) is 0. The summed E-state index contributed by atoms with van der Waals surface area (Å²) in [6.45, 7) is -1.33. The molecule has 1 saturated carbocycles. The van der Waals surface area contributed by atoms with Crippen LogP contribution in [0.2, 0.25) is 0 Å². The maximum atomic E-state index is 12.7. The Kier molecular flexibility index (Phi) is 4.93. The third-order valence-corrected chi connectivity index (χ3v) is 4.24. The monoisotopic (exact) mass is 332 g/mol. The lowest BCUT2D eigenvalue weighted by molar-refractivity contribution is -0.184. The van der Waals surface area contributed by atoms with Gasteiger partial charge in [0.25, 0.3) is 0 Å². The molecule has 1 aliphatic heterocycles. The number of hydrogen-bond acceptors (Lipinski definition) is 2. The largest absolute Gasteiger partial charge is 0.406 e. The standard InChI is InChI=1S/C13H18F6N2O/c14-12(15,16)7-21-5-4-10(11(21)22)20-9-3-1-2-8(6-9)13(17,18)19/h8-10,20H,1-7H2. The first-order chi connectivity index (χ1) is 10.1. The average Bonchev–Trinajstić information content (AvgIpc) is 2.69. The summed E-state index contributed by atoms with van der Waals surface area (Å²) in [6, 6.07) is -1.28. The van der Waals surface area contributed by atoms with Crippen LogP contribution in [0.1, 0.15) is 32.1 Å². The number of amides is 1. The first-order valence-electron chi connectivity index (χ1n) is 7.24. The van der Waals surface area contributed by atoms with Gasteiger partial charge >= 0.3 is 12.4 Å². The zero-order valence-electron chi connectivity index (χ0n) is 11.8. The smallest absolute Gasteiger partial charge is 0.332 e. The molecule has 1 aliphatic carbocycles. The van der Waals surface area contributed by atoms with E-state index in [0.717, 1.165) is 0 Å². The van der Waals surface area contributed by atoms with Gasteiger partial charge in [-0.3, -0.25) is 4.79 Å². The van der Waals surface area contributed by atoms with Gasteiger partial charge in [0.05, 0.1) is 12.0 Å². The highest BCUT2D eigenvalue weighted by atomic mass is 19.4. The number of nitrogens with zero attached hydrogens (tertiary/aromatic N) is 1. The molecule has 2 rings (SSSR count). The van der Waals surface area contributed by atoms with Crippen molar-refractivity contribution in [2.75, 3.05) is 13.1 Å². The maximum absolute atomic E-state index is 12.7. The summed E-state index contributed by atoms with van der Waals surface area (Å²) in [7, 11) is 0. The highest BCUT2D eigenvalue weighted by molar-refractivity contribution is 5.84. The van der Waals surface area contributed by atoms with E-state index in [9.17, 15) is 31.1 Å². The van der Waals surface area contributed by atoms with Crippen LogP contribution < -0.4 is 5.32 Å². The summed E-state index contributed by atoms with van der Waals surface area (Å²) >= 11 is 0. The zero-order chi connectivity index (χ0) is 16.5. The van der Waals surface area contributed by atoms with E-state index in [-0.39, 0.29) is 25.8 Å². The van der Waals surface area contributed by atoms with Gasteiger partial charge in [-0.2, -0.15) is 26.3 Å². The SMILES string of the molecule is O=C1C(NC2CCCC(C(F)(F)F)C2)CCN1CC(F)(F)F. The number of carbonyl (C=O) groups is 1. The van der Waals surface area contributed by atoms with Crippen molar-refractivity contribution in [2.45, 2.75) is 56.5 Å². The molecule has 2 fully saturated rings. The molecule has 2 aliphatic rings. The quantitative estimate of drug-likeness (QED) is 0.806. The average molecular weight is 332 g/mol. The Morgan fingerprint density at radius 1 is 1.09 bits per heavy atom. The molecule has 1 heterocycles. The molecule has 3 unspecified atom stereocenters. The van der Waals surface area contributed by atoms with Gasteiger partial charge in [0.15, 0.2) is 0 Å². The zero-order valence-corrected chi connectivity index (χ0v) is 11.8. The Morgan fingerprint density at radius 2 is 1.77 bits per heavy atom. The Hall–Kier alpha value is -0.990. The second-order valence-corrected chi connectivity index (χ2v) is 5.98. The number of likely N-dealkylation sites (tertiary alicyclic amines) is 1. The molecule has 3 atom stereocenters. The number of halogens is 6. The molecular formula is C13H18F6N2O. The fourth-order valence-electron chi connectivity index (χ4n) is 3.19. The van der Waals surface area contributed by atoms with E-state index in [1.165, 1.54) is 0 Å². The van der Waals surface area contributed by atoms with E-state index in [1.54, 1.807) is 0 Å². The van der Waals surface area contributed by atoms with Crippen molar-refractivity contribution in [3.63, 3.8) is 0 Å². The minimum atomic E-state index is -4.46. The van der Waals surface area contributed by atoms with Crippen LogP contribution in [0.25, 0.3) is 0 Å². The third kappa shape index (κ3) is 4.50. The molecule has 22 heavy (non-hydrogen) atoms. The minimum Gasteiger partial charge on any atom is -0.332 e. The third-order valence-electron chi connectivity index (χ3n) is 4.24. The van der Waals surface area contributed by atoms with Crippen LogP contribution in [-0.2, 0) is 4.79 Å². The Balaban J connectivity index is 1.88. The van der Waals surface area contributed by atoms with E-state index >= 15 is 0 Å². The van der Waals surface area contributed by atoms with Gasteiger partial charge in [0.2, 0.25) is 5.91 Å². The summed E-state index contributed by atoms with van der Waals surface area (Å²) in [5, 5.41) is 2.83. The van der Waals surface area contributed by atoms with E-state index in [4.69, 9.17) is 0 Å². The molecule has 1 saturated heterocycles. The van der Waals surface area contributed by atoms with Crippen LogP contribution in [-0.4, -0.2) is 48.3 Å². The van der Waals surface area contributed by atoms with Gasteiger partial charge in [-0.15, -0.1) is 0 Å². The number of alkyl halides is 6. The molecule has 1 N–H and O–H groups in total. The molecule has 3 nitrogen and oxygen atoms in total. The van der Waals surface area contributed by atoms with Crippen molar-refractivity contribution in [1.82, 2.24) is 10.2 Å². The summed E-state index contributed by atoms with van der Waals surface area (Å²) in [6.07, 6.45) is -7.67. The van der Waals surface area contributed by atoms with Gasteiger partial charge < -0.3 is 10.2 Å². The van der Waals surface area contributed by atoms with E-state index in [2.05, 4.69) is 5.32 Å². The summed E-state index contributed by atoms with van der Waals surface area (Å²) < 4.78 is 75.1. The highest BCUT2D eigenvalue weighted by Crippen LogP contribution is 2.37. The lowest BCUT2D eigenvalue weighted by Crippen LogP contribution is -2.47. The molecule has 0 aromatic heterocycles. The summed E-state index contributed by atoms with van der Waals surface area (Å²) in [5.74, 6) is -2.08. The number of carbonyl (C=O) groups excluding carboxylic acids is 1. The van der Waals surface area contributed by atoms with E-state index in [1.807, 2.05) is 0 Å². The number of rotatable bonds is 3. The van der Waals surface area contributed by atoms with Crippen molar-refractivity contribution >= 4 is 5.91 Å². The first kappa shape index (κ1) is 17.4. The normalized spacial score (nSPS) is 30.9. The predicted molar refractivity (Wildman–Crippen MR) is 66.0 cm³/mol. The predicted octanol–water partition coefficient (Wildman–Crippen LogP) is 2.86. The van der Waals surface area contributed by atoms with Gasteiger partial charge in [0.1, 0.15) is 6.54 Å². The van der Waals surface area contributed by atoms with Gasteiger partial charge in [-0.05, 0) is 25.7 Å². The molecule has 128 valence electrons. The molecule has 0 radical (unpaired) electrons. The van der Waals surface area contributed by atoms with E-state index in [0.29, 0.717) is 17.7 Å². The number of hydrogen-bond donors (Lipinski definition) is 1. The molecule has 9 heteroatoms. The molecule has 0 bridgehead atoms. The fraction of sp³-hybridized carbons (Fsp3) is 0.923. The molecule has 0 aromatic carbocycles. The van der Waals surface area contributed by atoms with Gasteiger partial charge in [0, 0.05) is 12.6 Å². The van der Waals surface area contributed by atoms with Crippen molar-refractivity contribution in [2.24, 2.45) is 5.92 Å². The molecular weight excluding hydrogens is 314 g/mol. The number of nitrogens with one attached hydrogen (secondary N) is 1. The van der Waals surface area contributed by atoms with Crippen LogP contribution in [0, 0.1) is 5.92 Å². The van der Waals surface area contributed by atoms with Crippen LogP contribution >= 0.6 is 0 Å². The van der Waals surface area contributed by atoms with Crippen LogP contribution in [0.3, 0.4) is 0 Å². The van der Waals surface area contributed by atoms with Crippen LogP contribution in [0.5, 0.6) is 0 Å². The minimum absolute atomic E-state index is 0.0224. The second kappa shape index (κ2) is 6.25. The first-order valence-corrected chi connectivity index (χ1v) is 7.24. The molecule has 0 aromatic rings. The Labute approximate surface area is 124 Å². The van der Waals surface area contributed by atoms with Crippen LogP contribution in [0.4, 0.5) is 26.3 Å². The van der Waals surface area contributed by atoms with Gasteiger partial charge in [-0.25, -0.2) is 0 Å². The van der Waals surface area contributed by atoms with Crippen molar-refractivity contribution in [3.05, 3.63) is 0 Å². The van der Waals surface area contributed by atoms with Crippen LogP contribution in [0.15, 0.2) is 0 Å². The van der Waals surface area contributed by atoms with Crippen molar-refractivity contribution in [1.29, 1.82) is 0 Å². The lowest BCUT2D eigenvalue weighted by Gasteiger charge is -2.32. The molecule has 0 spiro atoms. The topological polar surface area (TPSA) is 32.3 Å². The second-order valence-electron chi connectivity index (χ2n) is 5.98. The lowest BCUT2D eigenvalue weighted by atomic mass is 9.85. The van der Waals surface area contributed by atoms with Gasteiger partial charge in [-0.1, -0.05) is 6.42 Å². The highest BCUT2D eigenvalue weighted by Gasteiger charge is 2.44. The molecule has 1 amide bonds. The van der Waals surface area contributed by atoms with Crippen molar-refractivity contribution < 1.29 is 31.1 Å². The Bertz CT molecular complexity index is 408. The van der Waals surface area contributed by atoms with E-state index < -0.39 is 42.8 Å². The fourth-order valence-corrected chi connectivity index (χ4v) is 3.19. The Morgan fingerprint density at radius 3 is 2.36 bits per heavy atom. The summed E-state index contributed by atoms with van der Waals surface area (Å²) in [4.78, 5) is 12.6.